The first-order valence-electron chi connectivity index (χ1n) is 9.24. The molecule has 0 spiro atoms. The number of aromatic nitrogens is 1. The van der Waals surface area contributed by atoms with Crippen LogP contribution in [0.5, 0.6) is 5.75 Å². The van der Waals surface area contributed by atoms with Gasteiger partial charge in [-0.15, -0.1) is 11.3 Å². The molecule has 0 saturated heterocycles. The van der Waals surface area contributed by atoms with Crippen molar-refractivity contribution in [1.29, 1.82) is 0 Å². The summed E-state index contributed by atoms with van der Waals surface area (Å²) in [6, 6.07) is 5.99. The molecule has 3 rings (SSSR count). The fraction of sp³-hybridized carbons (Fsp3) is 0.500. The van der Waals surface area contributed by atoms with Crippen molar-refractivity contribution >= 4 is 22.9 Å². The number of hydrogen-bond acceptors (Lipinski definition) is 5. The smallest absolute Gasteiger partial charge is 0.265 e. The number of unbranched alkanes of at least 4 members (excludes halogenated alkanes) is 3. The van der Waals surface area contributed by atoms with E-state index in [0.717, 1.165) is 53.5 Å². The fourth-order valence-electron chi connectivity index (χ4n) is 3.05. The Balaban J connectivity index is 1.79. The molecule has 1 aromatic carbocycles. The van der Waals surface area contributed by atoms with Gasteiger partial charge in [-0.1, -0.05) is 26.2 Å². The van der Waals surface area contributed by atoms with Crippen molar-refractivity contribution < 1.29 is 14.3 Å². The van der Waals surface area contributed by atoms with Crippen LogP contribution in [-0.4, -0.2) is 37.8 Å². The Kier molecular flexibility index (Phi) is 6.63. The van der Waals surface area contributed by atoms with Crippen molar-refractivity contribution in [2.75, 3.05) is 31.8 Å². The van der Waals surface area contributed by atoms with Gasteiger partial charge in [0.25, 0.3) is 5.91 Å². The maximum atomic E-state index is 12.4. The third-order valence-corrected chi connectivity index (χ3v) is 5.41. The van der Waals surface area contributed by atoms with Crippen LogP contribution in [0.3, 0.4) is 0 Å². The zero-order valence-corrected chi connectivity index (χ0v) is 16.3. The van der Waals surface area contributed by atoms with Crippen LogP contribution in [0.15, 0.2) is 23.6 Å². The van der Waals surface area contributed by atoms with Gasteiger partial charge in [-0.3, -0.25) is 4.79 Å². The highest BCUT2D eigenvalue weighted by atomic mass is 32.1. The lowest BCUT2D eigenvalue weighted by Crippen LogP contribution is -2.39. The van der Waals surface area contributed by atoms with Crippen LogP contribution in [0.1, 0.15) is 37.6 Å². The van der Waals surface area contributed by atoms with Crippen LogP contribution >= 0.6 is 11.3 Å². The number of benzene rings is 1. The van der Waals surface area contributed by atoms with Gasteiger partial charge in [0.2, 0.25) is 0 Å². The highest BCUT2D eigenvalue weighted by Crippen LogP contribution is 2.36. The van der Waals surface area contributed by atoms with E-state index in [1.807, 2.05) is 23.1 Å². The number of amides is 1. The lowest BCUT2D eigenvalue weighted by atomic mass is 10.1. The number of thiazole rings is 1. The van der Waals surface area contributed by atoms with Crippen molar-refractivity contribution in [2.45, 2.75) is 39.0 Å². The molecular weight excluding hydrogens is 348 g/mol. The quantitative estimate of drug-likeness (QED) is 0.614. The number of carbonyl (C=O) groups is 1. The van der Waals surface area contributed by atoms with Gasteiger partial charge >= 0.3 is 0 Å². The second-order valence-corrected chi connectivity index (χ2v) is 7.39. The average molecular weight is 375 g/mol. The van der Waals surface area contributed by atoms with Crippen LogP contribution < -0.4 is 9.64 Å². The molecule has 0 fully saturated rings. The lowest BCUT2D eigenvalue weighted by Gasteiger charge is -2.29. The van der Waals surface area contributed by atoms with E-state index in [1.165, 1.54) is 12.8 Å². The Bertz CT molecular complexity index is 744. The molecule has 1 aliphatic rings. The monoisotopic (exact) mass is 374 g/mol. The van der Waals surface area contributed by atoms with Crippen molar-refractivity contribution in [1.82, 2.24) is 4.98 Å². The summed E-state index contributed by atoms with van der Waals surface area (Å²) < 4.78 is 10.7. The molecule has 0 radical (unpaired) electrons. The summed E-state index contributed by atoms with van der Waals surface area (Å²) in [5.41, 5.74) is 2.81. The minimum Gasteiger partial charge on any atom is -0.482 e. The molecule has 0 unspecified atom stereocenters. The van der Waals surface area contributed by atoms with E-state index in [1.54, 1.807) is 18.4 Å². The van der Waals surface area contributed by atoms with Crippen molar-refractivity contribution in [2.24, 2.45) is 0 Å². The van der Waals surface area contributed by atoms with Crippen molar-refractivity contribution in [3.63, 3.8) is 0 Å². The predicted octanol–water partition coefficient (Wildman–Crippen LogP) is 4.30. The summed E-state index contributed by atoms with van der Waals surface area (Å²) in [4.78, 5) is 18.9. The number of carbonyl (C=O) groups excluding carboxylic acids is 1. The first-order valence-corrected chi connectivity index (χ1v) is 10.1. The third-order valence-electron chi connectivity index (χ3n) is 4.50. The van der Waals surface area contributed by atoms with Crippen LogP contribution in [0.25, 0.3) is 11.3 Å². The van der Waals surface area contributed by atoms with E-state index in [2.05, 4.69) is 12.3 Å². The van der Waals surface area contributed by atoms with Gasteiger partial charge < -0.3 is 14.4 Å². The average Bonchev–Trinajstić information content (AvgIpc) is 3.13. The normalized spacial score (nSPS) is 13.6. The fourth-order valence-corrected chi connectivity index (χ4v) is 3.84. The molecule has 1 amide bonds. The maximum Gasteiger partial charge on any atom is 0.265 e. The standard InChI is InChI=1S/C20H26N2O3S/c1-3-4-5-6-10-22-17-12-15(7-8-18(17)25-13-20(22)23)16-14-26-19(21-16)9-11-24-2/h7-8,12,14H,3-6,9-11,13H2,1-2H3. The molecule has 26 heavy (non-hydrogen) atoms. The van der Waals surface area contributed by atoms with Gasteiger partial charge in [0.15, 0.2) is 6.61 Å². The van der Waals surface area contributed by atoms with Crippen LogP contribution in [-0.2, 0) is 16.0 Å². The van der Waals surface area contributed by atoms with Gasteiger partial charge in [-0.05, 0) is 24.6 Å². The molecule has 1 aliphatic heterocycles. The van der Waals surface area contributed by atoms with Gasteiger partial charge in [0.05, 0.1) is 23.0 Å². The summed E-state index contributed by atoms with van der Waals surface area (Å²) in [7, 11) is 1.70. The Hall–Kier alpha value is -1.92. The Morgan fingerprint density at radius 2 is 2.19 bits per heavy atom. The Labute approximate surface area is 159 Å². The molecule has 0 saturated carbocycles. The van der Waals surface area contributed by atoms with E-state index in [-0.39, 0.29) is 12.5 Å². The van der Waals surface area contributed by atoms with Gasteiger partial charge in [0, 0.05) is 31.0 Å². The minimum atomic E-state index is 0.0326. The molecule has 0 aliphatic carbocycles. The summed E-state index contributed by atoms with van der Waals surface area (Å²) in [5.74, 6) is 0.809. The van der Waals surface area contributed by atoms with E-state index in [9.17, 15) is 4.79 Å². The SMILES string of the molecule is CCCCCCN1C(=O)COc2ccc(-c3csc(CCOC)n3)cc21. The topological polar surface area (TPSA) is 51.7 Å². The molecule has 0 N–H and O–H groups in total. The van der Waals surface area contributed by atoms with Gasteiger partial charge in [-0.2, -0.15) is 0 Å². The summed E-state index contributed by atoms with van der Waals surface area (Å²) >= 11 is 1.64. The van der Waals surface area contributed by atoms with E-state index in [4.69, 9.17) is 14.5 Å². The largest absolute Gasteiger partial charge is 0.482 e. The Morgan fingerprint density at radius 3 is 3.00 bits per heavy atom. The van der Waals surface area contributed by atoms with Gasteiger partial charge in [-0.25, -0.2) is 4.98 Å². The molecule has 140 valence electrons. The molecule has 6 heteroatoms. The molecule has 2 aromatic rings. The number of fused-ring (bicyclic) bond motifs is 1. The zero-order valence-electron chi connectivity index (χ0n) is 15.5. The first kappa shape index (κ1) is 18.9. The number of anilines is 1. The second kappa shape index (κ2) is 9.14. The van der Waals surface area contributed by atoms with E-state index >= 15 is 0 Å². The summed E-state index contributed by atoms with van der Waals surface area (Å²) in [6.07, 6.45) is 5.37. The van der Waals surface area contributed by atoms with Crippen LogP contribution in [0, 0.1) is 0 Å². The minimum absolute atomic E-state index is 0.0326. The van der Waals surface area contributed by atoms with Crippen molar-refractivity contribution in [3.05, 3.63) is 28.6 Å². The van der Waals surface area contributed by atoms with E-state index in [0.29, 0.717) is 6.61 Å². The predicted molar refractivity (Wildman–Crippen MR) is 105 cm³/mol. The maximum absolute atomic E-state index is 12.4. The number of nitrogens with zero attached hydrogens (tertiary/aromatic N) is 2. The first-order chi connectivity index (χ1) is 12.7. The number of methoxy groups -OCH3 is 1. The third kappa shape index (κ3) is 4.43. The lowest BCUT2D eigenvalue weighted by molar-refractivity contribution is -0.121. The van der Waals surface area contributed by atoms with Crippen LogP contribution in [0.4, 0.5) is 5.69 Å². The van der Waals surface area contributed by atoms with Crippen molar-refractivity contribution in [3.8, 4) is 17.0 Å². The number of rotatable bonds is 9. The summed E-state index contributed by atoms with van der Waals surface area (Å²) in [6.45, 7) is 3.73. The number of ether oxygens (including phenoxy) is 2. The molecular formula is C20H26N2O3S. The Morgan fingerprint density at radius 1 is 1.31 bits per heavy atom. The molecule has 0 atom stereocenters. The zero-order chi connectivity index (χ0) is 18.4. The molecule has 1 aromatic heterocycles. The molecule has 5 nitrogen and oxygen atoms in total. The van der Waals surface area contributed by atoms with Gasteiger partial charge in [0.1, 0.15) is 5.75 Å². The van der Waals surface area contributed by atoms with Crippen LogP contribution in [0.2, 0.25) is 0 Å². The molecule has 0 bridgehead atoms. The summed E-state index contributed by atoms with van der Waals surface area (Å²) in [5, 5.41) is 3.12. The second-order valence-electron chi connectivity index (χ2n) is 6.45. The highest BCUT2D eigenvalue weighted by molar-refractivity contribution is 7.09. The van der Waals surface area contributed by atoms with E-state index < -0.39 is 0 Å². The number of hydrogen-bond donors (Lipinski definition) is 0. The molecule has 2 heterocycles. The highest BCUT2D eigenvalue weighted by Gasteiger charge is 2.25.